The second-order valence-corrected chi connectivity index (χ2v) is 3.72. The molecular weight excluding hydrogens is 245 g/mol. The number of rotatable bonds is 4. The van der Waals surface area contributed by atoms with Crippen molar-refractivity contribution in [2.45, 2.75) is 13.0 Å². The van der Waals surface area contributed by atoms with Crippen LogP contribution in [0.4, 0.5) is 4.39 Å². The summed E-state index contributed by atoms with van der Waals surface area (Å²) in [5, 5.41) is 14.0. The molecule has 0 radical (unpaired) electrons. The Morgan fingerprint density at radius 1 is 1.71 bits per heavy atom. The van der Waals surface area contributed by atoms with E-state index in [4.69, 9.17) is 22.9 Å². The average Bonchev–Trinajstić information content (AvgIpc) is 2.33. The molecule has 0 saturated carbocycles. The van der Waals surface area contributed by atoms with E-state index >= 15 is 0 Å². The molecule has 0 saturated heterocycles. The zero-order chi connectivity index (χ0) is 13.0. The van der Waals surface area contributed by atoms with Crippen molar-refractivity contribution in [2.75, 3.05) is 7.05 Å². The van der Waals surface area contributed by atoms with Crippen LogP contribution < -0.4 is 11.2 Å². The van der Waals surface area contributed by atoms with Crippen molar-refractivity contribution in [3.8, 4) is 0 Å². The molecule has 7 heteroatoms. The molecular formula is C10H13ClFN5. The molecule has 1 rings (SSSR count). The van der Waals surface area contributed by atoms with Crippen molar-refractivity contribution in [2.24, 2.45) is 10.9 Å². The third kappa shape index (κ3) is 2.78. The molecule has 1 aromatic rings. The van der Waals surface area contributed by atoms with Gasteiger partial charge in [0.1, 0.15) is 5.71 Å². The lowest BCUT2D eigenvalue weighted by molar-refractivity contribution is 0.619. The molecule has 1 atom stereocenters. The van der Waals surface area contributed by atoms with Gasteiger partial charge in [-0.05, 0) is 20.0 Å². The van der Waals surface area contributed by atoms with Crippen LogP contribution in [0.1, 0.15) is 12.5 Å². The van der Waals surface area contributed by atoms with Gasteiger partial charge < -0.3 is 11.2 Å². The number of hydrogen-bond donors (Lipinski definition) is 3. The van der Waals surface area contributed by atoms with Gasteiger partial charge in [0.2, 0.25) is 0 Å². The predicted octanol–water partition coefficient (Wildman–Crippen LogP) is 1.16. The first-order valence-corrected chi connectivity index (χ1v) is 5.25. The number of aromatic nitrogens is 1. The van der Waals surface area contributed by atoms with Gasteiger partial charge in [-0.25, -0.2) is 9.37 Å². The second-order valence-electron chi connectivity index (χ2n) is 3.36. The second kappa shape index (κ2) is 5.70. The van der Waals surface area contributed by atoms with E-state index in [0.29, 0.717) is 0 Å². The number of nitrogens with zero attached hydrogens (tertiary/aromatic N) is 2. The Morgan fingerprint density at radius 2 is 2.35 bits per heavy atom. The summed E-state index contributed by atoms with van der Waals surface area (Å²) in [4.78, 5) is 3.58. The molecule has 0 aromatic carbocycles. The van der Waals surface area contributed by atoms with E-state index in [0.717, 1.165) is 0 Å². The number of halogens is 2. The summed E-state index contributed by atoms with van der Waals surface area (Å²) < 4.78 is 13.7. The van der Waals surface area contributed by atoms with E-state index in [1.54, 1.807) is 14.0 Å². The van der Waals surface area contributed by atoms with Gasteiger partial charge in [0, 0.05) is 11.8 Å². The summed E-state index contributed by atoms with van der Waals surface area (Å²) >= 11 is 5.55. The fourth-order valence-electron chi connectivity index (χ4n) is 1.28. The Kier molecular flexibility index (Phi) is 4.53. The van der Waals surface area contributed by atoms with E-state index in [-0.39, 0.29) is 28.2 Å². The van der Waals surface area contributed by atoms with Crippen molar-refractivity contribution in [1.29, 1.82) is 5.41 Å². The van der Waals surface area contributed by atoms with Gasteiger partial charge in [0.15, 0.2) is 11.0 Å². The Morgan fingerprint density at radius 3 is 2.88 bits per heavy atom. The molecule has 0 amide bonds. The Balaban J connectivity index is 3.16. The van der Waals surface area contributed by atoms with Crippen LogP contribution in [0.5, 0.6) is 0 Å². The summed E-state index contributed by atoms with van der Waals surface area (Å²) in [7, 11) is 1.69. The van der Waals surface area contributed by atoms with Gasteiger partial charge in [0.05, 0.1) is 11.8 Å². The highest BCUT2D eigenvalue weighted by Gasteiger charge is 2.20. The highest BCUT2D eigenvalue weighted by atomic mass is 35.5. The number of nitrogens with one attached hydrogen (secondary N) is 2. The lowest BCUT2D eigenvalue weighted by atomic mass is 10.0. The Bertz CT molecular complexity index is 460. The first-order chi connectivity index (χ1) is 8.02. The summed E-state index contributed by atoms with van der Waals surface area (Å²) in [6, 6.07) is 1.09. The van der Waals surface area contributed by atoms with Crippen LogP contribution in [0.2, 0.25) is 5.15 Å². The third-order valence-electron chi connectivity index (χ3n) is 2.35. The normalized spacial score (nSPS) is 13.5. The van der Waals surface area contributed by atoms with Gasteiger partial charge in [0.25, 0.3) is 0 Å². The number of pyridine rings is 1. The van der Waals surface area contributed by atoms with E-state index in [9.17, 15) is 4.39 Å². The molecule has 0 fully saturated rings. The van der Waals surface area contributed by atoms with Gasteiger partial charge in [-0.15, -0.1) is 0 Å². The van der Waals surface area contributed by atoms with Crippen molar-refractivity contribution in [3.63, 3.8) is 0 Å². The fourth-order valence-corrected chi connectivity index (χ4v) is 1.44. The maximum Gasteiger partial charge on any atom is 0.169 e. The van der Waals surface area contributed by atoms with Crippen LogP contribution in [0, 0.1) is 11.2 Å². The molecule has 0 aliphatic heterocycles. The van der Waals surface area contributed by atoms with Crippen LogP contribution in [0.3, 0.4) is 0 Å². The lowest BCUT2D eigenvalue weighted by Crippen LogP contribution is -2.37. The van der Waals surface area contributed by atoms with E-state index in [2.05, 4.69) is 15.4 Å². The zero-order valence-corrected chi connectivity index (χ0v) is 10.2. The molecule has 1 unspecified atom stereocenters. The molecule has 0 aliphatic rings. The van der Waals surface area contributed by atoms with Gasteiger partial charge in [-0.2, -0.15) is 5.10 Å². The highest BCUT2D eigenvalue weighted by Crippen LogP contribution is 2.16. The molecule has 4 N–H and O–H groups in total. The minimum absolute atomic E-state index is 0.0244. The SMILES string of the molecule is CNC(C)/C(=N/N)C(=N)c1ccnc(Cl)c1F. The van der Waals surface area contributed by atoms with E-state index in [1.165, 1.54) is 12.3 Å². The summed E-state index contributed by atoms with van der Waals surface area (Å²) in [5.74, 6) is 4.47. The highest BCUT2D eigenvalue weighted by molar-refractivity contribution is 6.49. The predicted molar refractivity (Wildman–Crippen MR) is 66.2 cm³/mol. The largest absolute Gasteiger partial charge is 0.323 e. The maximum atomic E-state index is 13.7. The number of hydrogen-bond acceptors (Lipinski definition) is 5. The first kappa shape index (κ1) is 13.5. The van der Waals surface area contributed by atoms with Crippen LogP contribution in [-0.2, 0) is 0 Å². The zero-order valence-electron chi connectivity index (χ0n) is 9.46. The first-order valence-electron chi connectivity index (χ1n) is 4.87. The van der Waals surface area contributed by atoms with Crippen LogP contribution >= 0.6 is 11.6 Å². The summed E-state index contributed by atoms with van der Waals surface area (Å²) in [5.41, 5.74) is 0.154. The van der Waals surface area contributed by atoms with Gasteiger partial charge in [-0.1, -0.05) is 11.6 Å². The number of nitrogens with two attached hydrogens (primary N) is 1. The van der Waals surface area contributed by atoms with Crippen LogP contribution in [0.25, 0.3) is 0 Å². The quantitative estimate of drug-likeness (QED) is 0.327. The fraction of sp³-hybridized carbons (Fsp3) is 0.300. The van der Waals surface area contributed by atoms with Crippen LogP contribution in [0.15, 0.2) is 17.4 Å². The lowest BCUT2D eigenvalue weighted by Gasteiger charge is -2.14. The van der Waals surface area contributed by atoms with Crippen molar-refractivity contribution in [3.05, 3.63) is 28.8 Å². The monoisotopic (exact) mass is 257 g/mol. The molecule has 17 heavy (non-hydrogen) atoms. The molecule has 0 spiro atoms. The van der Waals surface area contributed by atoms with E-state index in [1.807, 2.05) is 0 Å². The van der Waals surface area contributed by atoms with Crippen molar-refractivity contribution in [1.82, 2.24) is 10.3 Å². The minimum atomic E-state index is -0.747. The summed E-state index contributed by atoms with van der Waals surface area (Å²) in [6.07, 6.45) is 1.33. The molecule has 5 nitrogen and oxygen atoms in total. The standard InChI is InChI=1S/C10H13ClFN5/c1-5(15-2)9(17-14)8(13)6-3-4-16-10(11)7(6)12/h3-5,13,15H,14H2,1-2H3/b13-8?,17-9-. The number of hydrazone groups is 1. The summed E-state index contributed by atoms with van der Waals surface area (Å²) in [6.45, 7) is 1.76. The Labute approximate surface area is 103 Å². The topological polar surface area (TPSA) is 87.1 Å². The molecule has 0 aliphatic carbocycles. The molecule has 1 heterocycles. The smallest absolute Gasteiger partial charge is 0.169 e. The third-order valence-corrected chi connectivity index (χ3v) is 2.62. The Hall–Kier alpha value is -1.53. The van der Waals surface area contributed by atoms with Gasteiger partial charge >= 0.3 is 0 Å². The average molecular weight is 258 g/mol. The maximum absolute atomic E-state index is 13.7. The molecule has 92 valence electrons. The van der Waals surface area contributed by atoms with Crippen molar-refractivity contribution >= 4 is 23.0 Å². The van der Waals surface area contributed by atoms with Gasteiger partial charge in [-0.3, -0.25) is 5.41 Å². The molecule has 0 bridgehead atoms. The minimum Gasteiger partial charge on any atom is -0.323 e. The van der Waals surface area contributed by atoms with E-state index < -0.39 is 5.82 Å². The molecule has 1 aromatic heterocycles. The van der Waals surface area contributed by atoms with Crippen molar-refractivity contribution < 1.29 is 4.39 Å². The van der Waals surface area contributed by atoms with Crippen LogP contribution in [-0.4, -0.2) is 29.5 Å².